The van der Waals surface area contributed by atoms with Crippen LogP contribution in [0.3, 0.4) is 0 Å². The highest BCUT2D eigenvalue weighted by Gasteiger charge is 2.29. The molecule has 3 rings (SSSR count). The number of nitrogens with zero attached hydrogens (tertiary/aromatic N) is 1. The van der Waals surface area contributed by atoms with Crippen molar-refractivity contribution in [1.29, 1.82) is 0 Å². The van der Waals surface area contributed by atoms with E-state index in [1.807, 2.05) is 30.3 Å². The Morgan fingerprint density at radius 1 is 1.15 bits per heavy atom. The molecule has 26 heavy (non-hydrogen) atoms. The van der Waals surface area contributed by atoms with Gasteiger partial charge in [-0.1, -0.05) is 23.7 Å². The molecule has 142 valence electrons. The summed E-state index contributed by atoms with van der Waals surface area (Å²) in [4.78, 5) is 2.29. The van der Waals surface area contributed by atoms with E-state index in [0.717, 1.165) is 30.0 Å². The molecule has 1 N–H and O–H groups in total. The van der Waals surface area contributed by atoms with Gasteiger partial charge in [0.25, 0.3) is 0 Å². The molecule has 6 heteroatoms. The average Bonchev–Trinajstić information content (AvgIpc) is 2.63. The second-order valence-corrected chi connectivity index (χ2v) is 6.89. The Morgan fingerprint density at radius 2 is 1.77 bits per heavy atom. The van der Waals surface area contributed by atoms with Crippen molar-refractivity contribution < 1.29 is 14.6 Å². The van der Waals surface area contributed by atoms with E-state index in [4.69, 9.17) is 21.1 Å². The van der Waals surface area contributed by atoms with Crippen molar-refractivity contribution in [1.82, 2.24) is 4.90 Å². The van der Waals surface area contributed by atoms with Gasteiger partial charge in [-0.15, -0.1) is 12.4 Å². The van der Waals surface area contributed by atoms with Crippen LogP contribution in [0.1, 0.15) is 35.3 Å². The molecule has 2 aromatic rings. The van der Waals surface area contributed by atoms with Crippen LogP contribution in [0.2, 0.25) is 5.02 Å². The summed E-state index contributed by atoms with van der Waals surface area (Å²) < 4.78 is 10.9. The summed E-state index contributed by atoms with van der Waals surface area (Å²) in [5.74, 6) is 1.48. The predicted molar refractivity (Wildman–Crippen MR) is 107 cm³/mol. The standard InChI is InChI=1S/C20H24ClNO3.ClH/c1-22-9-8-14-10-19(24-2)20(25-3)11-16(14)17(22)12-18(23)13-4-6-15(21)7-5-13;/h4-7,10-11,17-18,23H,8-9,12H2,1-3H3;1H/t17-,18-;/m0./s1. The molecule has 0 aliphatic carbocycles. The Labute approximate surface area is 166 Å². The molecule has 0 fully saturated rings. The monoisotopic (exact) mass is 397 g/mol. The van der Waals surface area contributed by atoms with Crippen LogP contribution >= 0.6 is 24.0 Å². The van der Waals surface area contributed by atoms with Gasteiger partial charge in [-0.3, -0.25) is 4.90 Å². The SMILES string of the molecule is COc1cc2c(cc1OC)[C@H](C[C@H](O)c1ccc(Cl)cc1)N(C)CC2.Cl. The summed E-state index contributed by atoms with van der Waals surface area (Å²) in [6, 6.07) is 11.6. The fraction of sp³-hybridized carbons (Fsp3) is 0.400. The number of rotatable bonds is 5. The van der Waals surface area contributed by atoms with Crippen LogP contribution in [-0.2, 0) is 6.42 Å². The van der Waals surface area contributed by atoms with Crippen LogP contribution in [0.15, 0.2) is 36.4 Å². The third kappa shape index (κ3) is 4.26. The molecule has 0 spiro atoms. The van der Waals surface area contributed by atoms with Crippen molar-refractivity contribution in [3.05, 3.63) is 58.1 Å². The molecule has 0 saturated carbocycles. The molecule has 2 aromatic carbocycles. The minimum absolute atomic E-state index is 0. The molecule has 1 aliphatic rings. The molecule has 0 aromatic heterocycles. The van der Waals surface area contributed by atoms with E-state index in [1.165, 1.54) is 11.1 Å². The average molecular weight is 398 g/mol. The number of hydrogen-bond acceptors (Lipinski definition) is 4. The number of likely N-dealkylation sites (N-methyl/N-ethyl adjacent to an activating group) is 1. The van der Waals surface area contributed by atoms with E-state index in [2.05, 4.69) is 18.0 Å². The zero-order chi connectivity index (χ0) is 18.0. The van der Waals surface area contributed by atoms with Crippen LogP contribution in [0, 0.1) is 0 Å². The number of aliphatic hydroxyl groups is 1. The van der Waals surface area contributed by atoms with Gasteiger partial charge in [0.05, 0.1) is 20.3 Å². The maximum absolute atomic E-state index is 10.7. The Morgan fingerprint density at radius 3 is 2.38 bits per heavy atom. The molecular weight excluding hydrogens is 373 g/mol. The highest BCUT2D eigenvalue weighted by molar-refractivity contribution is 6.30. The molecule has 1 aliphatic heterocycles. The molecule has 0 saturated heterocycles. The van der Waals surface area contributed by atoms with Crippen LogP contribution in [0.4, 0.5) is 0 Å². The first-order chi connectivity index (χ1) is 12.0. The van der Waals surface area contributed by atoms with E-state index >= 15 is 0 Å². The van der Waals surface area contributed by atoms with Crippen molar-refractivity contribution in [2.75, 3.05) is 27.8 Å². The highest BCUT2D eigenvalue weighted by Crippen LogP contribution is 2.40. The molecule has 0 amide bonds. The molecule has 2 atom stereocenters. The van der Waals surface area contributed by atoms with Gasteiger partial charge in [0.15, 0.2) is 11.5 Å². The van der Waals surface area contributed by atoms with Crippen LogP contribution < -0.4 is 9.47 Å². The minimum Gasteiger partial charge on any atom is -0.493 e. The van der Waals surface area contributed by atoms with Gasteiger partial charge in [0.2, 0.25) is 0 Å². The Bertz CT molecular complexity index is 737. The number of hydrogen-bond donors (Lipinski definition) is 1. The molecule has 1 heterocycles. The summed E-state index contributed by atoms with van der Waals surface area (Å²) in [6.07, 6.45) is 1.02. The second kappa shape index (κ2) is 8.96. The Hall–Kier alpha value is -1.46. The first-order valence-electron chi connectivity index (χ1n) is 8.42. The first-order valence-corrected chi connectivity index (χ1v) is 8.79. The maximum atomic E-state index is 10.7. The molecular formula is C20H25Cl2NO3. The lowest BCUT2D eigenvalue weighted by Crippen LogP contribution is -2.33. The smallest absolute Gasteiger partial charge is 0.161 e. The number of aliphatic hydroxyl groups excluding tert-OH is 1. The minimum atomic E-state index is -0.552. The Kier molecular flexibility index (Phi) is 7.18. The largest absolute Gasteiger partial charge is 0.493 e. The van der Waals surface area contributed by atoms with E-state index in [-0.39, 0.29) is 18.4 Å². The van der Waals surface area contributed by atoms with Crippen molar-refractivity contribution in [3.63, 3.8) is 0 Å². The van der Waals surface area contributed by atoms with E-state index < -0.39 is 6.10 Å². The summed E-state index contributed by atoms with van der Waals surface area (Å²) >= 11 is 5.94. The quantitative estimate of drug-likeness (QED) is 0.809. The van der Waals surface area contributed by atoms with E-state index in [9.17, 15) is 5.11 Å². The zero-order valence-corrected chi connectivity index (χ0v) is 16.8. The summed E-state index contributed by atoms with van der Waals surface area (Å²) in [7, 11) is 5.40. The van der Waals surface area contributed by atoms with E-state index in [0.29, 0.717) is 11.4 Å². The van der Waals surface area contributed by atoms with Gasteiger partial charge in [-0.05, 0) is 60.8 Å². The number of benzene rings is 2. The van der Waals surface area contributed by atoms with Crippen molar-refractivity contribution in [2.24, 2.45) is 0 Å². The van der Waals surface area contributed by atoms with Crippen molar-refractivity contribution >= 4 is 24.0 Å². The Balaban J connectivity index is 0.00000243. The number of fused-ring (bicyclic) bond motifs is 1. The van der Waals surface area contributed by atoms with Gasteiger partial charge in [0, 0.05) is 17.6 Å². The number of methoxy groups -OCH3 is 2. The van der Waals surface area contributed by atoms with Gasteiger partial charge in [0.1, 0.15) is 0 Å². The first kappa shape index (κ1) is 20.8. The zero-order valence-electron chi connectivity index (χ0n) is 15.2. The molecule has 0 radical (unpaired) electrons. The molecule has 0 bridgehead atoms. The van der Waals surface area contributed by atoms with Crippen LogP contribution in [0.25, 0.3) is 0 Å². The lowest BCUT2D eigenvalue weighted by Gasteiger charge is -2.36. The normalized spacial score (nSPS) is 17.8. The van der Waals surface area contributed by atoms with Gasteiger partial charge < -0.3 is 14.6 Å². The van der Waals surface area contributed by atoms with Gasteiger partial charge in [-0.2, -0.15) is 0 Å². The summed E-state index contributed by atoms with van der Waals surface area (Å²) in [6.45, 7) is 0.945. The lowest BCUT2D eigenvalue weighted by atomic mass is 9.88. The van der Waals surface area contributed by atoms with Gasteiger partial charge >= 0.3 is 0 Å². The third-order valence-electron chi connectivity index (χ3n) is 4.97. The lowest BCUT2D eigenvalue weighted by molar-refractivity contribution is 0.109. The van der Waals surface area contributed by atoms with Crippen molar-refractivity contribution in [3.8, 4) is 11.5 Å². The predicted octanol–water partition coefficient (Wildman–Crippen LogP) is 4.43. The highest BCUT2D eigenvalue weighted by atomic mass is 35.5. The molecule has 0 unspecified atom stereocenters. The van der Waals surface area contributed by atoms with Crippen LogP contribution in [0.5, 0.6) is 11.5 Å². The van der Waals surface area contributed by atoms with E-state index in [1.54, 1.807) is 14.2 Å². The number of ether oxygens (including phenoxy) is 2. The maximum Gasteiger partial charge on any atom is 0.161 e. The number of halogens is 2. The fourth-order valence-corrected chi connectivity index (χ4v) is 3.62. The van der Waals surface area contributed by atoms with Crippen molar-refractivity contribution in [2.45, 2.75) is 25.0 Å². The molecule has 4 nitrogen and oxygen atoms in total. The topological polar surface area (TPSA) is 41.9 Å². The van der Waals surface area contributed by atoms with Gasteiger partial charge in [-0.25, -0.2) is 0 Å². The third-order valence-corrected chi connectivity index (χ3v) is 5.22. The second-order valence-electron chi connectivity index (χ2n) is 6.46. The fourth-order valence-electron chi connectivity index (χ4n) is 3.49. The summed E-state index contributed by atoms with van der Waals surface area (Å²) in [5, 5.41) is 11.4. The summed E-state index contributed by atoms with van der Waals surface area (Å²) in [5.41, 5.74) is 3.33. The van der Waals surface area contributed by atoms with Crippen LogP contribution in [-0.4, -0.2) is 37.8 Å².